The zero-order valence-electron chi connectivity index (χ0n) is 13.3. The highest BCUT2D eigenvalue weighted by Gasteiger charge is 2.18. The predicted molar refractivity (Wildman–Crippen MR) is 77.4 cm³/mol. The number of ether oxygens (including phenoxy) is 4. The van der Waals surface area contributed by atoms with Crippen LogP contribution in [0, 0.1) is 0 Å². The van der Waals surface area contributed by atoms with Crippen molar-refractivity contribution in [2.45, 2.75) is 59.5 Å². The van der Waals surface area contributed by atoms with Crippen LogP contribution >= 0.6 is 0 Å². The summed E-state index contributed by atoms with van der Waals surface area (Å²) in [5.41, 5.74) is 0.0228. The molecule has 6 heteroatoms. The van der Waals surface area contributed by atoms with Gasteiger partial charge >= 0.3 is 11.9 Å². The van der Waals surface area contributed by atoms with Gasteiger partial charge in [-0.3, -0.25) is 4.79 Å². The molecule has 0 heterocycles. The summed E-state index contributed by atoms with van der Waals surface area (Å²) in [4.78, 5) is 23.3. The fraction of sp³-hybridized carbons (Fsp3) is 0.733. The van der Waals surface area contributed by atoms with Crippen LogP contribution in [0.25, 0.3) is 0 Å². The second kappa shape index (κ2) is 11.3. The van der Waals surface area contributed by atoms with E-state index in [1.165, 1.54) is 0 Å². The Balaban J connectivity index is 4.05. The standard InChI is InChI=1S/C15H26O6/c1-6-8-18-12(4)20-14(16)10-11(3)15(17)21-13(5)19-9-7-2/h12-13H,3,6-10H2,1-2,4-5H3. The van der Waals surface area contributed by atoms with Gasteiger partial charge in [-0.15, -0.1) is 0 Å². The van der Waals surface area contributed by atoms with Gasteiger partial charge in [-0.05, 0) is 26.7 Å². The van der Waals surface area contributed by atoms with E-state index in [4.69, 9.17) is 18.9 Å². The number of hydrogen-bond donors (Lipinski definition) is 0. The van der Waals surface area contributed by atoms with Gasteiger partial charge in [0.1, 0.15) is 0 Å². The van der Waals surface area contributed by atoms with Crippen molar-refractivity contribution in [2.24, 2.45) is 0 Å². The first kappa shape index (κ1) is 19.6. The summed E-state index contributed by atoms with van der Waals surface area (Å²) in [7, 11) is 0. The van der Waals surface area contributed by atoms with E-state index in [0.717, 1.165) is 12.8 Å². The summed E-state index contributed by atoms with van der Waals surface area (Å²) in [5, 5.41) is 0. The zero-order valence-corrected chi connectivity index (χ0v) is 13.3. The molecule has 0 spiro atoms. The molecule has 0 aliphatic carbocycles. The summed E-state index contributed by atoms with van der Waals surface area (Å²) < 4.78 is 20.4. The van der Waals surface area contributed by atoms with Gasteiger partial charge in [-0.25, -0.2) is 4.79 Å². The lowest BCUT2D eigenvalue weighted by Gasteiger charge is -2.16. The first-order valence-electron chi connectivity index (χ1n) is 7.22. The van der Waals surface area contributed by atoms with E-state index in [2.05, 4.69) is 6.58 Å². The third kappa shape index (κ3) is 10.0. The summed E-state index contributed by atoms with van der Waals surface area (Å²) in [6.07, 6.45) is 0.102. The Morgan fingerprint density at radius 1 is 0.952 bits per heavy atom. The van der Waals surface area contributed by atoms with Gasteiger partial charge in [-0.1, -0.05) is 20.4 Å². The first-order chi connectivity index (χ1) is 9.90. The van der Waals surface area contributed by atoms with Crippen molar-refractivity contribution in [3.05, 3.63) is 12.2 Å². The van der Waals surface area contributed by atoms with E-state index in [1.807, 2.05) is 13.8 Å². The molecule has 0 saturated heterocycles. The Hall–Kier alpha value is -1.40. The highest BCUT2D eigenvalue weighted by Crippen LogP contribution is 2.08. The highest BCUT2D eigenvalue weighted by molar-refractivity contribution is 5.93. The SMILES string of the molecule is C=C(CC(=O)OC(C)OCCC)C(=O)OC(C)OCCC. The number of rotatable bonds is 11. The lowest BCUT2D eigenvalue weighted by Crippen LogP contribution is -2.23. The minimum absolute atomic E-state index is 0.0228. The van der Waals surface area contributed by atoms with E-state index in [1.54, 1.807) is 13.8 Å². The molecular formula is C15H26O6. The van der Waals surface area contributed by atoms with E-state index in [0.29, 0.717) is 13.2 Å². The minimum Gasteiger partial charge on any atom is -0.436 e. The fourth-order valence-electron chi connectivity index (χ4n) is 1.34. The normalized spacial score (nSPS) is 13.3. The molecule has 0 amide bonds. The van der Waals surface area contributed by atoms with Crippen LogP contribution < -0.4 is 0 Å². The molecule has 122 valence electrons. The molecule has 0 saturated carbocycles. The fourth-order valence-corrected chi connectivity index (χ4v) is 1.34. The van der Waals surface area contributed by atoms with Crippen molar-refractivity contribution in [1.29, 1.82) is 0 Å². The molecule has 6 nitrogen and oxygen atoms in total. The first-order valence-corrected chi connectivity index (χ1v) is 7.22. The van der Waals surface area contributed by atoms with Crippen molar-refractivity contribution in [2.75, 3.05) is 13.2 Å². The summed E-state index contributed by atoms with van der Waals surface area (Å²) in [6, 6.07) is 0. The van der Waals surface area contributed by atoms with E-state index in [-0.39, 0.29) is 12.0 Å². The molecule has 2 unspecified atom stereocenters. The highest BCUT2D eigenvalue weighted by atomic mass is 16.7. The minimum atomic E-state index is -0.669. The smallest absolute Gasteiger partial charge is 0.336 e. The molecule has 0 radical (unpaired) electrons. The Labute approximate surface area is 126 Å². The molecule has 0 rings (SSSR count). The molecule has 0 aliphatic rings. The molecule has 0 aromatic rings. The van der Waals surface area contributed by atoms with Gasteiger partial charge < -0.3 is 18.9 Å². The largest absolute Gasteiger partial charge is 0.436 e. The van der Waals surface area contributed by atoms with E-state index >= 15 is 0 Å². The quantitative estimate of drug-likeness (QED) is 0.332. The maximum absolute atomic E-state index is 11.7. The van der Waals surface area contributed by atoms with E-state index < -0.39 is 24.5 Å². The van der Waals surface area contributed by atoms with Crippen molar-refractivity contribution < 1.29 is 28.5 Å². The molecule has 0 aromatic heterocycles. The second-order valence-electron chi connectivity index (χ2n) is 4.55. The van der Waals surface area contributed by atoms with E-state index in [9.17, 15) is 9.59 Å². The van der Waals surface area contributed by atoms with Gasteiger partial charge in [0, 0.05) is 5.57 Å². The van der Waals surface area contributed by atoms with Crippen LogP contribution in [0.3, 0.4) is 0 Å². The second-order valence-corrected chi connectivity index (χ2v) is 4.55. The third-order valence-corrected chi connectivity index (χ3v) is 2.33. The van der Waals surface area contributed by atoms with Crippen LogP contribution in [0.15, 0.2) is 12.2 Å². The average Bonchev–Trinajstić information content (AvgIpc) is 2.42. The van der Waals surface area contributed by atoms with Crippen molar-refractivity contribution in [3.63, 3.8) is 0 Å². The molecule has 0 fully saturated rings. The number of carbonyl (C=O) groups excluding carboxylic acids is 2. The lowest BCUT2D eigenvalue weighted by molar-refractivity contribution is -0.177. The van der Waals surface area contributed by atoms with Crippen LogP contribution in [-0.4, -0.2) is 37.7 Å². The molecular weight excluding hydrogens is 276 g/mol. The Bertz CT molecular complexity index is 339. The van der Waals surface area contributed by atoms with Gasteiger partial charge in [-0.2, -0.15) is 0 Å². The monoisotopic (exact) mass is 302 g/mol. The average molecular weight is 302 g/mol. The number of carbonyl (C=O) groups is 2. The zero-order chi connectivity index (χ0) is 16.3. The van der Waals surface area contributed by atoms with Crippen LogP contribution in [0.5, 0.6) is 0 Å². The molecule has 21 heavy (non-hydrogen) atoms. The summed E-state index contributed by atoms with van der Waals surface area (Å²) in [5.74, 6) is -1.25. The predicted octanol–water partition coefficient (Wildman–Crippen LogP) is 2.56. The summed E-state index contributed by atoms with van der Waals surface area (Å²) >= 11 is 0. The summed E-state index contributed by atoms with van der Waals surface area (Å²) in [6.45, 7) is 11.7. The maximum Gasteiger partial charge on any atom is 0.336 e. The molecule has 0 aromatic carbocycles. The van der Waals surface area contributed by atoms with Crippen LogP contribution in [0.2, 0.25) is 0 Å². The van der Waals surface area contributed by atoms with Crippen LogP contribution in [0.4, 0.5) is 0 Å². The topological polar surface area (TPSA) is 71.1 Å². The number of hydrogen-bond acceptors (Lipinski definition) is 6. The Morgan fingerprint density at radius 2 is 1.43 bits per heavy atom. The van der Waals surface area contributed by atoms with Crippen molar-refractivity contribution in [3.8, 4) is 0 Å². The van der Waals surface area contributed by atoms with Crippen LogP contribution in [0.1, 0.15) is 47.0 Å². The van der Waals surface area contributed by atoms with Crippen molar-refractivity contribution in [1.82, 2.24) is 0 Å². The lowest BCUT2D eigenvalue weighted by atomic mass is 10.2. The van der Waals surface area contributed by atoms with Crippen LogP contribution in [-0.2, 0) is 28.5 Å². The molecule has 0 N–H and O–H groups in total. The Kier molecular flexibility index (Phi) is 10.5. The Morgan fingerprint density at radius 3 is 1.90 bits per heavy atom. The third-order valence-electron chi connectivity index (χ3n) is 2.33. The molecule has 0 bridgehead atoms. The van der Waals surface area contributed by atoms with Crippen molar-refractivity contribution >= 4 is 11.9 Å². The maximum atomic E-state index is 11.7. The van der Waals surface area contributed by atoms with Gasteiger partial charge in [0.2, 0.25) is 0 Å². The molecule has 0 aliphatic heterocycles. The van der Waals surface area contributed by atoms with Gasteiger partial charge in [0.05, 0.1) is 19.6 Å². The molecule has 2 atom stereocenters. The van der Waals surface area contributed by atoms with Gasteiger partial charge in [0.15, 0.2) is 12.6 Å². The number of esters is 2. The van der Waals surface area contributed by atoms with Gasteiger partial charge in [0.25, 0.3) is 0 Å².